The zero-order chi connectivity index (χ0) is 18.0. The number of rotatable bonds is 6. The van der Waals surface area contributed by atoms with Crippen molar-refractivity contribution in [3.05, 3.63) is 57.9 Å². The summed E-state index contributed by atoms with van der Waals surface area (Å²) in [6, 6.07) is 8.49. The number of halogens is 2. The topological polar surface area (TPSA) is 35.5 Å². The summed E-state index contributed by atoms with van der Waals surface area (Å²) in [6.07, 6.45) is 2.51. The van der Waals surface area contributed by atoms with E-state index in [1.165, 1.54) is 12.1 Å². The SMILES string of the molecule is CCC(=O)Oc1cccc(C2CC2)c1COc1cc(F)c(C)cc1Cl. The molecule has 0 unspecified atom stereocenters. The van der Waals surface area contributed by atoms with Crippen molar-refractivity contribution in [2.24, 2.45) is 0 Å². The minimum absolute atomic E-state index is 0.168. The Morgan fingerprint density at radius 2 is 2.04 bits per heavy atom. The fraction of sp³-hybridized carbons (Fsp3) is 0.350. The first kappa shape index (κ1) is 17.7. The molecular formula is C20H20ClFO3. The summed E-state index contributed by atoms with van der Waals surface area (Å²) in [5, 5.41) is 0.356. The molecule has 1 saturated carbocycles. The van der Waals surface area contributed by atoms with E-state index in [2.05, 4.69) is 0 Å². The van der Waals surface area contributed by atoms with Crippen LogP contribution >= 0.6 is 11.6 Å². The Kier molecular flexibility index (Phi) is 5.28. The van der Waals surface area contributed by atoms with Crippen LogP contribution in [-0.2, 0) is 11.4 Å². The Hall–Kier alpha value is -2.07. The average Bonchev–Trinajstić information content (AvgIpc) is 3.42. The van der Waals surface area contributed by atoms with Gasteiger partial charge < -0.3 is 9.47 Å². The minimum Gasteiger partial charge on any atom is -0.487 e. The smallest absolute Gasteiger partial charge is 0.310 e. The van der Waals surface area contributed by atoms with Gasteiger partial charge in [-0.25, -0.2) is 4.39 Å². The van der Waals surface area contributed by atoms with Crippen LogP contribution in [0.25, 0.3) is 0 Å². The van der Waals surface area contributed by atoms with Crippen LogP contribution in [0.2, 0.25) is 5.02 Å². The Balaban J connectivity index is 1.88. The van der Waals surface area contributed by atoms with Gasteiger partial charge in [0.05, 0.1) is 5.02 Å². The maximum atomic E-state index is 13.8. The third kappa shape index (κ3) is 4.13. The lowest BCUT2D eigenvalue weighted by Gasteiger charge is -2.16. The molecule has 5 heteroatoms. The van der Waals surface area contributed by atoms with E-state index in [1.807, 2.05) is 12.1 Å². The number of carbonyl (C=O) groups is 1. The fourth-order valence-electron chi connectivity index (χ4n) is 2.69. The highest BCUT2D eigenvalue weighted by Gasteiger charge is 2.28. The third-order valence-electron chi connectivity index (χ3n) is 4.28. The zero-order valence-corrected chi connectivity index (χ0v) is 15.0. The highest BCUT2D eigenvalue weighted by atomic mass is 35.5. The van der Waals surface area contributed by atoms with Gasteiger partial charge in [-0.2, -0.15) is 0 Å². The van der Waals surface area contributed by atoms with Gasteiger partial charge >= 0.3 is 5.97 Å². The largest absolute Gasteiger partial charge is 0.487 e. The number of benzene rings is 2. The Morgan fingerprint density at radius 1 is 1.28 bits per heavy atom. The molecule has 0 bridgehead atoms. The molecule has 1 aliphatic rings. The van der Waals surface area contributed by atoms with Gasteiger partial charge in [-0.3, -0.25) is 4.79 Å². The molecule has 0 N–H and O–H groups in total. The van der Waals surface area contributed by atoms with Crippen molar-refractivity contribution in [3.8, 4) is 11.5 Å². The van der Waals surface area contributed by atoms with Gasteiger partial charge in [0.1, 0.15) is 23.9 Å². The van der Waals surface area contributed by atoms with Crippen LogP contribution in [0.4, 0.5) is 4.39 Å². The second-order valence-corrected chi connectivity index (χ2v) is 6.65. The zero-order valence-electron chi connectivity index (χ0n) is 14.3. The number of esters is 1. The van der Waals surface area contributed by atoms with Crippen molar-refractivity contribution in [1.29, 1.82) is 0 Å². The molecule has 2 aromatic rings. The first-order chi connectivity index (χ1) is 12.0. The van der Waals surface area contributed by atoms with Gasteiger partial charge in [0.2, 0.25) is 0 Å². The van der Waals surface area contributed by atoms with Crippen LogP contribution in [0, 0.1) is 12.7 Å². The van der Waals surface area contributed by atoms with Crippen molar-refractivity contribution >= 4 is 17.6 Å². The van der Waals surface area contributed by atoms with E-state index in [-0.39, 0.29) is 24.1 Å². The summed E-state index contributed by atoms with van der Waals surface area (Å²) in [5.41, 5.74) is 2.40. The standard InChI is InChI=1S/C20H20ClFO3/c1-3-20(23)25-18-6-4-5-14(13-7-8-13)15(18)11-24-19-10-17(22)12(2)9-16(19)21/h4-6,9-10,13H,3,7-8,11H2,1-2H3. The summed E-state index contributed by atoms with van der Waals surface area (Å²) < 4.78 is 25.0. The lowest BCUT2D eigenvalue weighted by atomic mass is 10.0. The second kappa shape index (κ2) is 7.44. The normalized spacial score (nSPS) is 13.6. The summed E-state index contributed by atoms with van der Waals surface area (Å²) >= 11 is 6.15. The molecule has 0 saturated heterocycles. The Bertz CT molecular complexity index is 800. The Morgan fingerprint density at radius 3 is 2.72 bits per heavy atom. The highest BCUT2D eigenvalue weighted by molar-refractivity contribution is 6.32. The van der Waals surface area contributed by atoms with Crippen LogP contribution in [0.3, 0.4) is 0 Å². The highest BCUT2D eigenvalue weighted by Crippen LogP contribution is 2.44. The number of hydrogen-bond donors (Lipinski definition) is 0. The van der Waals surface area contributed by atoms with Crippen molar-refractivity contribution in [2.75, 3.05) is 0 Å². The van der Waals surface area contributed by atoms with E-state index >= 15 is 0 Å². The molecular weight excluding hydrogens is 343 g/mol. The van der Waals surface area contributed by atoms with Crippen molar-refractivity contribution < 1.29 is 18.7 Å². The number of hydrogen-bond acceptors (Lipinski definition) is 3. The third-order valence-corrected chi connectivity index (χ3v) is 4.58. The number of aryl methyl sites for hydroxylation is 1. The van der Waals surface area contributed by atoms with Crippen LogP contribution in [0.5, 0.6) is 11.5 Å². The molecule has 3 rings (SSSR count). The van der Waals surface area contributed by atoms with E-state index < -0.39 is 0 Å². The van der Waals surface area contributed by atoms with Gasteiger partial charge in [0, 0.05) is 18.1 Å². The van der Waals surface area contributed by atoms with Crippen LogP contribution in [-0.4, -0.2) is 5.97 Å². The molecule has 25 heavy (non-hydrogen) atoms. The predicted octanol–water partition coefficient (Wildman–Crippen LogP) is 5.56. The van der Waals surface area contributed by atoms with Crippen molar-refractivity contribution in [2.45, 2.75) is 45.6 Å². The minimum atomic E-state index is -0.368. The average molecular weight is 363 g/mol. The Labute approximate surface area is 151 Å². The van der Waals surface area contributed by atoms with E-state index in [0.29, 0.717) is 28.7 Å². The molecule has 1 fully saturated rings. The van der Waals surface area contributed by atoms with Crippen LogP contribution in [0.15, 0.2) is 30.3 Å². The maximum absolute atomic E-state index is 13.8. The molecule has 1 aliphatic carbocycles. The van der Waals surface area contributed by atoms with E-state index in [9.17, 15) is 9.18 Å². The predicted molar refractivity (Wildman–Crippen MR) is 94.8 cm³/mol. The summed E-state index contributed by atoms with van der Waals surface area (Å²) in [7, 11) is 0. The fourth-order valence-corrected chi connectivity index (χ4v) is 2.97. The van der Waals surface area contributed by atoms with Crippen LogP contribution in [0.1, 0.15) is 48.8 Å². The first-order valence-corrected chi connectivity index (χ1v) is 8.78. The molecule has 0 amide bonds. The maximum Gasteiger partial charge on any atom is 0.310 e. The quantitative estimate of drug-likeness (QED) is 0.498. The first-order valence-electron chi connectivity index (χ1n) is 8.40. The molecule has 2 aromatic carbocycles. The number of ether oxygens (including phenoxy) is 2. The lowest BCUT2D eigenvalue weighted by Crippen LogP contribution is -2.10. The summed E-state index contributed by atoms with van der Waals surface area (Å²) in [5.74, 6) is 0.577. The molecule has 0 heterocycles. The van der Waals surface area contributed by atoms with Crippen molar-refractivity contribution in [3.63, 3.8) is 0 Å². The monoisotopic (exact) mass is 362 g/mol. The van der Waals surface area contributed by atoms with Crippen molar-refractivity contribution in [1.82, 2.24) is 0 Å². The molecule has 0 atom stereocenters. The molecule has 3 nitrogen and oxygen atoms in total. The van der Waals surface area contributed by atoms with Crippen LogP contribution < -0.4 is 9.47 Å². The van der Waals surface area contributed by atoms with E-state index in [0.717, 1.165) is 24.0 Å². The van der Waals surface area contributed by atoms with Gasteiger partial charge in [0.15, 0.2) is 0 Å². The number of carbonyl (C=O) groups excluding carboxylic acids is 1. The summed E-state index contributed by atoms with van der Waals surface area (Å²) in [6.45, 7) is 3.56. The second-order valence-electron chi connectivity index (χ2n) is 6.25. The molecule has 0 aromatic heterocycles. The molecule has 0 radical (unpaired) electrons. The van der Waals surface area contributed by atoms with Gasteiger partial charge in [-0.05, 0) is 48.9 Å². The molecule has 0 spiro atoms. The van der Waals surface area contributed by atoms with E-state index in [1.54, 1.807) is 19.9 Å². The molecule has 132 valence electrons. The molecule has 0 aliphatic heterocycles. The summed E-state index contributed by atoms with van der Waals surface area (Å²) in [4.78, 5) is 11.7. The van der Waals surface area contributed by atoms with Gasteiger partial charge in [-0.1, -0.05) is 30.7 Å². The lowest BCUT2D eigenvalue weighted by molar-refractivity contribution is -0.134. The van der Waals surface area contributed by atoms with Gasteiger partial charge in [-0.15, -0.1) is 0 Å². The van der Waals surface area contributed by atoms with Gasteiger partial charge in [0.25, 0.3) is 0 Å². The van der Waals surface area contributed by atoms with E-state index in [4.69, 9.17) is 21.1 Å².